The predicted octanol–water partition coefficient (Wildman–Crippen LogP) is 6.44. The molecule has 0 aliphatic carbocycles. The lowest BCUT2D eigenvalue weighted by Gasteiger charge is -1.95. The van der Waals surface area contributed by atoms with Crippen LogP contribution in [0.3, 0.4) is 0 Å². The van der Waals surface area contributed by atoms with E-state index in [9.17, 15) is 4.79 Å². The Kier molecular flexibility index (Phi) is 16.7. The molecule has 22 heavy (non-hydrogen) atoms. The van der Waals surface area contributed by atoms with E-state index < -0.39 is 5.97 Å². The second-order valence-corrected chi connectivity index (χ2v) is 5.69. The number of carboxylic acid groups (broad SMARTS) is 1. The smallest absolute Gasteiger partial charge is 0.303 e. The molecule has 0 saturated carbocycles. The Labute approximate surface area is 137 Å². The summed E-state index contributed by atoms with van der Waals surface area (Å²) in [6, 6.07) is 0. The molecule has 2 nitrogen and oxygen atoms in total. The Morgan fingerprint density at radius 2 is 1.23 bits per heavy atom. The van der Waals surface area contributed by atoms with Gasteiger partial charge in [-0.3, -0.25) is 4.79 Å². The lowest BCUT2D eigenvalue weighted by atomic mass is 10.1. The van der Waals surface area contributed by atoms with E-state index in [0.29, 0.717) is 6.42 Å². The first kappa shape index (κ1) is 20.7. The molecule has 0 spiro atoms. The van der Waals surface area contributed by atoms with Crippen molar-refractivity contribution in [2.45, 2.75) is 84.0 Å². The molecule has 0 saturated heterocycles. The van der Waals surface area contributed by atoms with Gasteiger partial charge in [0.05, 0.1) is 0 Å². The Morgan fingerprint density at radius 3 is 1.73 bits per heavy atom. The highest BCUT2D eigenvalue weighted by Gasteiger charge is 1.94. The van der Waals surface area contributed by atoms with Crippen LogP contribution in [0.1, 0.15) is 84.0 Å². The molecule has 0 rings (SSSR count). The summed E-state index contributed by atoms with van der Waals surface area (Å²) in [7, 11) is 0. The van der Waals surface area contributed by atoms with Crippen LogP contribution in [0.2, 0.25) is 0 Å². The van der Waals surface area contributed by atoms with Crippen LogP contribution in [0.5, 0.6) is 0 Å². The van der Waals surface area contributed by atoms with Gasteiger partial charge in [0.2, 0.25) is 0 Å². The standard InChI is InChI=1S/C20H34O2/c1-2-3-4-5-6-7-8-9-10-11-12-13-14-15-16-17-18-19-20(21)22/h3-4,10-11,13-14H,2,5-9,12,15-19H2,1H3,(H,21,22). The maximum Gasteiger partial charge on any atom is 0.303 e. The molecule has 0 heterocycles. The van der Waals surface area contributed by atoms with Crippen LogP contribution >= 0.6 is 0 Å². The molecule has 0 aromatic carbocycles. The molecule has 0 amide bonds. The van der Waals surface area contributed by atoms with Crippen LogP contribution in [-0.2, 0) is 4.79 Å². The number of aliphatic carboxylic acids is 1. The SMILES string of the molecule is CCC=CCCCCCC=CCC=CCCCCCC(=O)O. The number of rotatable bonds is 15. The van der Waals surface area contributed by atoms with Crippen molar-refractivity contribution in [3.05, 3.63) is 36.5 Å². The first-order chi connectivity index (χ1) is 10.8. The van der Waals surface area contributed by atoms with E-state index in [2.05, 4.69) is 43.4 Å². The zero-order valence-electron chi connectivity index (χ0n) is 14.3. The van der Waals surface area contributed by atoms with E-state index in [1.54, 1.807) is 0 Å². The third-order valence-electron chi connectivity index (χ3n) is 3.51. The zero-order chi connectivity index (χ0) is 16.3. The normalized spacial score (nSPS) is 12.0. The molecule has 0 aromatic rings. The van der Waals surface area contributed by atoms with Crippen molar-refractivity contribution in [3.8, 4) is 0 Å². The fraction of sp³-hybridized carbons (Fsp3) is 0.650. The zero-order valence-corrected chi connectivity index (χ0v) is 14.3. The van der Waals surface area contributed by atoms with Gasteiger partial charge < -0.3 is 5.11 Å². The van der Waals surface area contributed by atoms with E-state index in [4.69, 9.17) is 5.11 Å². The molecule has 0 atom stereocenters. The second kappa shape index (κ2) is 17.7. The molecule has 1 N–H and O–H groups in total. The van der Waals surface area contributed by atoms with Crippen molar-refractivity contribution in [2.24, 2.45) is 0 Å². The quantitative estimate of drug-likeness (QED) is 0.279. The predicted molar refractivity (Wildman–Crippen MR) is 96.1 cm³/mol. The number of allylic oxidation sites excluding steroid dienone is 6. The monoisotopic (exact) mass is 306 g/mol. The number of hydrogen-bond acceptors (Lipinski definition) is 1. The molecule has 0 unspecified atom stereocenters. The first-order valence-electron chi connectivity index (χ1n) is 8.94. The van der Waals surface area contributed by atoms with E-state index in [1.807, 2.05) is 0 Å². The van der Waals surface area contributed by atoms with Gasteiger partial charge in [-0.15, -0.1) is 0 Å². The molecule has 0 aliphatic heterocycles. The lowest BCUT2D eigenvalue weighted by molar-refractivity contribution is -0.137. The molecular weight excluding hydrogens is 272 g/mol. The van der Waals surface area contributed by atoms with Gasteiger partial charge in [-0.05, 0) is 57.8 Å². The Morgan fingerprint density at radius 1 is 0.727 bits per heavy atom. The number of carboxylic acids is 1. The van der Waals surface area contributed by atoms with Crippen molar-refractivity contribution in [1.82, 2.24) is 0 Å². The van der Waals surface area contributed by atoms with E-state index in [0.717, 1.165) is 38.5 Å². The van der Waals surface area contributed by atoms with Crippen molar-refractivity contribution < 1.29 is 9.90 Å². The van der Waals surface area contributed by atoms with Gasteiger partial charge in [0.15, 0.2) is 0 Å². The average molecular weight is 306 g/mol. The van der Waals surface area contributed by atoms with Gasteiger partial charge in [-0.1, -0.05) is 56.2 Å². The van der Waals surface area contributed by atoms with Crippen molar-refractivity contribution >= 4 is 5.97 Å². The molecule has 0 radical (unpaired) electrons. The van der Waals surface area contributed by atoms with Gasteiger partial charge in [-0.2, -0.15) is 0 Å². The van der Waals surface area contributed by atoms with Gasteiger partial charge in [0, 0.05) is 6.42 Å². The fourth-order valence-corrected chi connectivity index (χ4v) is 2.21. The number of carbonyl (C=O) groups is 1. The largest absolute Gasteiger partial charge is 0.481 e. The maximum atomic E-state index is 10.3. The van der Waals surface area contributed by atoms with Crippen molar-refractivity contribution in [1.29, 1.82) is 0 Å². The number of unbranched alkanes of at least 4 members (excludes halogenated alkanes) is 7. The van der Waals surface area contributed by atoms with Gasteiger partial charge >= 0.3 is 5.97 Å². The topological polar surface area (TPSA) is 37.3 Å². The Balaban J connectivity index is 3.24. The summed E-state index contributed by atoms with van der Waals surface area (Å²) in [5.41, 5.74) is 0. The average Bonchev–Trinajstić information content (AvgIpc) is 2.50. The molecule has 2 heteroatoms. The summed E-state index contributed by atoms with van der Waals surface area (Å²) < 4.78 is 0. The molecule has 0 fully saturated rings. The summed E-state index contributed by atoms with van der Waals surface area (Å²) >= 11 is 0. The fourth-order valence-electron chi connectivity index (χ4n) is 2.21. The first-order valence-corrected chi connectivity index (χ1v) is 8.94. The van der Waals surface area contributed by atoms with Crippen molar-refractivity contribution in [2.75, 3.05) is 0 Å². The van der Waals surface area contributed by atoms with Crippen LogP contribution in [0.15, 0.2) is 36.5 Å². The van der Waals surface area contributed by atoms with Crippen LogP contribution in [0.25, 0.3) is 0 Å². The van der Waals surface area contributed by atoms with Crippen LogP contribution in [0.4, 0.5) is 0 Å². The molecular formula is C20H34O2. The highest BCUT2D eigenvalue weighted by molar-refractivity contribution is 5.66. The van der Waals surface area contributed by atoms with E-state index >= 15 is 0 Å². The second-order valence-electron chi connectivity index (χ2n) is 5.69. The summed E-state index contributed by atoms with van der Waals surface area (Å²) in [4.78, 5) is 10.3. The third-order valence-corrected chi connectivity index (χ3v) is 3.51. The van der Waals surface area contributed by atoms with Gasteiger partial charge in [-0.25, -0.2) is 0 Å². The minimum Gasteiger partial charge on any atom is -0.481 e. The highest BCUT2D eigenvalue weighted by atomic mass is 16.4. The summed E-state index contributed by atoms with van der Waals surface area (Å²) in [5, 5.41) is 8.51. The highest BCUT2D eigenvalue weighted by Crippen LogP contribution is 2.06. The molecule has 126 valence electrons. The molecule has 0 aliphatic rings. The third kappa shape index (κ3) is 18.7. The lowest BCUT2D eigenvalue weighted by Crippen LogP contribution is -1.93. The molecule has 0 bridgehead atoms. The Hall–Kier alpha value is -1.31. The Bertz CT molecular complexity index is 327. The van der Waals surface area contributed by atoms with E-state index in [-0.39, 0.29) is 0 Å². The maximum absolute atomic E-state index is 10.3. The minimum atomic E-state index is -0.682. The van der Waals surface area contributed by atoms with Crippen LogP contribution in [0, 0.1) is 0 Å². The van der Waals surface area contributed by atoms with Crippen molar-refractivity contribution in [3.63, 3.8) is 0 Å². The minimum absolute atomic E-state index is 0.307. The number of hydrogen-bond donors (Lipinski definition) is 1. The summed E-state index contributed by atoms with van der Waals surface area (Å²) in [6.45, 7) is 2.18. The van der Waals surface area contributed by atoms with Crippen LogP contribution < -0.4 is 0 Å². The summed E-state index contributed by atoms with van der Waals surface area (Å²) in [5.74, 6) is -0.682. The van der Waals surface area contributed by atoms with Crippen LogP contribution in [-0.4, -0.2) is 11.1 Å². The summed E-state index contributed by atoms with van der Waals surface area (Å²) in [6.07, 6.45) is 26.3. The molecule has 0 aromatic heterocycles. The van der Waals surface area contributed by atoms with Gasteiger partial charge in [0.1, 0.15) is 0 Å². The van der Waals surface area contributed by atoms with E-state index in [1.165, 1.54) is 32.1 Å². The van der Waals surface area contributed by atoms with Gasteiger partial charge in [0.25, 0.3) is 0 Å².